The summed E-state index contributed by atoms with van der Waals surface area (Å²) >= 11 is 2.95. The number of nitrogens with two attached hydrogens (primary N) is 1. The van der Waals surface area contributed by atoms with Crippen molar-refractivity contribution in [2.24, 2.45) is 10.8 Å². The molecule has 14 heavy (non-hydrogen) atoms. The van der Waals surface area contributed by atoms with E-state index in [2.05, 4.69) is 16.1 Å². The van der Waals surface area contributed by atoms with Crippen molar-refractivity contribution in [3.05, 3.63) is 22.4 Å². The fraction of sp³-hybridized carbons (Fsp3) is 0.111. The number of hydrogen-bond donors (Lipinski definition) is 2. The van der Waals surface area contributed by atoms with Crippen LogP contribution in [0.4, 0.5) is 0 Å². The van der Waals surface area contributed by atoms with Crippen LogP contribution < -0.4 is 10.8 Å². The van der Waals surface area contributed by atoms with E-state index in [1.165, 1.54) is 11.8 Å². The van der Waals surface area contributed by atoms with Crippen molar-refractivity contribution in [1.82, 2.24) is 0 Å². The van der Waals surface area contributed by atoms with Gasteiger partial charge in [0, 0.05) is 5.10 Å². The van der Waals surface area contributed by atoms with Crippen LogP contribution in [0.5, 0.6) is 0 Å². The third kappa shape index (κ3) is 4.12. The summed E-state index contributed by atoms with van der Waals surface area (Å²) in [6.07, 6.45) is 6.86. The zero-order valence-electron chi connectivity index (χ0n) is 7.43. The lowest BCUT2D eigenvalue weighted by molar-refractivity contribution is -0.455. The van der Waals surface area contributed by atoms with E-state index < -0.39 is 0 Å². The number of nitrogens with zero attached hydrogens (tertiary/aromatic N) is 1. The van der Waals surface area contributed by atoms with Gasteiger partial charge in [-0.25, -0.2) is 0 Å². The topological polar surface area (TPSA) is 52.3 Å². The lowest BCUT2D eigenvalue weighted by Gasteiger charge is -1.86. The molecule has 1 aromatic rings. The maximum absolute atomic E-state index is 5.54. The van der Waals surface area contributed by atoms with E-state index >= 15 is 0 Å². The van der Waals surface area contributed by atoms with Crippen LogP contribution in [-0.2, 0) is 0 Å². The highest BCUT2D eigenvalue weighted by molar-refractivity contribution is 8.13. The number of thiophene rings is 1. The van der Waals surface area contributed by atoms with Gasteiger partial charge in [0.05, 0.1) is 10.6 Å². The molecule has 0 aliphatic heterocycles. The summed E-state index contributed by atoms with van der Waals surface area (Å²) in [5.41, 5.74) is 5.54. The van der Waals surface area contributed by atoms with Gasteiger partial charge in [-0.2, -0.15) is 0 Å². The van der Waals surface area contributed by atoms with E-state index in [0.29, 0.717) is 10.9 Å². The summed E-state index contributed by atoms with van der Waals surface area (Å²) in [7, 11) is 0. The van der Waals surface area contributed by atoms with Crippen molar-refractivity contribution in [2.75, 3.05) is 5.75 Å². The molecule has 0 unspecified atom stereocenters. The number of amidine groups is 1. The third-order valence-electron chi connectivity index (χ3n) is 1.23. The van der Waals surface area contributed by atoms with Gasteiger partial charge in [0.25, 0.3) is 0 Å². The molecule has 3 nitrogen and oxygen atoms in total. The molecule has 1 rings (SSSR count). The Labute approximate surface area is 91.1 Å². The smallest absolute Gasteiger partial charge is 0.226 e. The number of rotatable bonds is 3. The summed E-state index contributed by atoms with van der Waals surface area (Å²) in [5.74, 6) is 3.01. The highest BCUT2D eigenvalue weighted by atomic mass is 32.2. The predicted molar refractivity (Wildman–Crippen MR) is 63.4 cm³/mol. The summed E-state index contributed by atoms with van der Waals surface area (Å²) in [6, 6.07) is 3.95. The average molecular weight is 224 g/mol. The zero-order chi connectivity index (χ0) is 10.2. The van der Waals surface area contributed by atoms with Crippen molar-refractivity contribution in [1.29, 1.82) is 0 Å². The summed E-state index contributed by atoms with van der Waals surface area (Å²) in [5, 5.41) is 9.09. The predicted octanol–water partition coefficient (Wildman–Crippen LogP) is -0.156. The van der Waals surface area contributed by atoms with Gasteiger partial charge < -0.3 is 5.73 Å². The van der Waals surface area contributed by atoms with E-state index in [4.69, 9.17) is 12.2 Å². The zero-order valence-corrected chi connectivity index (χ0v) is 9.07. The van der Waals surface area contributed by atoms with Crippen molar-refractivity contribution in [3.63, 3.8) is 0 Å². The Hall–Kier alpha value is -1.25. The molecule has 0 aliphatic carbocycles. The lowest BCUT2D eigenvalue weighted by atomic mass is 10.5. The minimum absolute atomic E-state index is 0.441. The molecule has 72 valence electrons. The Morgan fingerprint density at radius 3 is 3.36 bits per heavy atom. The van der Waals surface area contributed by atoms with Crippen LogP contribution in [0.25, 0.3) is 0 Å². The maximum atomic E-state index is 5.54. The van der Waals surface area contributed by atoms with Crippen molar-refractivity contribution >= 4 is 34.5 Å². The highest BCUT2D eigenvalue weighted by Crippen LogP contribution is 2.02. The second-order valence-electron chi connectivity index (χ2n) is 2.23. The second kappa shape index (κ2) is 6.24. The first-order valence-electron chi connectivity index (χ1n) is 3.84. The van der Waals surface area contributed by atoms with Crippen LogP contribution >= 0.6 is 23.1 Å². The van der Waals surface area contributed by atoms with Gasteiger partial charge in [-0.1, -0.05) is 23.7 Å². The summed E-state index contributed by atoms with van der Waals surface area (Å²) < 4.78 is 0. The first-order valence-corrected chi connectivity index (χ1v) is 5.71. The molecular formula is C9H10N3S2+. The quantitative estimate of drug-likeness (QED) is 0.324. The molecule has 1 heterocycles. The molecule has 0 aromatic carbocycles. The van der Waals surface area contributed by atoms with Crippen LogP contribution in [0.3, 0.4) is 0 Å². The molecule has 0 amide bonds. The van der Waals surface area contributed by atoms with E-state index in [0.717, 1.165) is 4.88 Å². The van der Waals surface area contributed by atoms with Crippen LogP contribution in [0.15, 0.2) is 22.6 Å². The summed E-state index contributed by atoms with van der Waals surface area (Å²) in [4.78, 5) is 1.10. The third-order valence-corrected chi connectivity index (χ3v) is 2.75. The highest BCUT2D eigenvalue weighted by Gasteiger charge is 1.94. The molecule has 0 aliphatic rings. The number of hydrogen-bond acceptors (Lipinski definition) is 3. The van der Waals surface area contributed by atoms with Gasteiger partial charge in [-0.3, -0.25) is 0 Å². The van der Waals surface area contributed by atoms with Crippen LogP contribution in [0.2, 0.25) is 0 Å². The minimum atomic E-state index is 0.441. The molecule has 1 aromatic heterocycles. The fourth-order valence-electron chi connectivity index (χ4n) is 0.681. The normalized spacial score (nSPS) is 11.8. The van der Waals surface area contributed by atoms with Gasteiger partial charge in [0.1, 0.15) is 0 Å². The van der Waals surface area contributed by atoms with Gasteiger partial charge >= 0.3 is 0 Å². The molecule has 0 radical (unpaired) electrons. The fourth-order valence-corrected chi connectivity index (χ4v) is 1.62. The molecule has 0 saturated carbocycles. The van der Waals surface area contributed by atoms with Crippen molar-refractivity contribution in [3.8, 4) is 12.3 Å². The standard InChI is InChI=1S/C9H9N3S2/c1-2-5-14-9(10)12-11-7-8-4-3-6-13-8/h1,3-4,6-7H,5H2,(H2,10,12)/p+1. The molecule has 0 fully saturated rings. The van der Waals surface area contributed by atoms with Gasteiger partial charge in [-0.05, 0) is 11.4 Å². The Balaban J connectivity index is 2.42. The van der Waals surface area contributed by atoms with Gasteiger partial charge in [0.15, 0.2) is 0 Å². The number of terminal acetylenes is 1. The molecular weight excluding hydrogens is 214 g/mol. The molecule has 0 spiro atoms. The minimum Gasteiger partial charge on any atom is -0.373 e. The monoisotopic (exact) mass is 224 g/mol. The van der Waals surface area contributed by atoms with Crippen LogP contribution in [-0.4, -0.2) is 17.1 Å². The van der Waals surface area contributed by atoms with Crippen molar-refractivity contribution in [2.45, 2.75) is 0 Å². The van der Waals surface area contributed by atoms with Gasteiger partial charge in [-0.15, -0.1) is 22.9 Å². The second-order valence-corrected chi connectivity index (χ2v) is 4.21. The number of thioether (sulfide) groups is 1. The molecule has 0 bridgehead atoms. The Kier molecular flexibility index (Phi) is 4.83. The van der Waals surface area contributed by atoms with E-state index in [-0.39, 0.29) is 0 Å². The van der Waals surface area contributed by atoms with E-state index in [1.54, 1.807) is 17.6 Å². The number of hydrazone groups is 1. The largest absolute Gasteiger partial charge is 0.373 e. The lowest BCUT2D eigenvalue weighted by Crippen LogP contribution is -2.62. The Morgan fingerprint density at radius 2 is 2.71 bits per heavy atom. The molecule has 0 saturated heterocycles. The van der Waals surface area contributed by atoms with E-state index in [9.17, 15) is 0 Å². The molecule has 0 atom stereocenters. The SMILES string of the molecule is C#CCSC(N)=N[NH+]=Cc1cccs1. The van der Waals surface area contributed by atoms with Crippen LogP contribution in [0.1, 0.15) is 4.88 Å². The maximum Gasteiger partial charge on any atom is 0.226 e. The molecule has 3 N–H and O–H groups in total. The Morgan fingerprint density at radius 1 is 1.86 bits per heavy atom. The van der Waals surface area contributed by atoms with Crippen LogP contribution in [0, 0.1) is 12.3 Å². The van der Waals surface area contributed by atoms with Gasteiger partial charge in [0.2, 0.25) is 11.4 Å². The molecule has 5 heteroatoms. The average Bonchev–Trinajstić information content (AvgIpc) is 2.67. The first kappa shape index (κ1) is 10.8. The summed E-state index contributed by atoms with van der Waals surface area (Å²) in [6.45, 7) is 0. The van der Waals surface area contributed by atoms with E-state index in [1.807, 2.05) is 17.5 Å². The number of nitrogens with one attached hydrogen (secondary N) is 1. The Bertz CT molecular complexity index is 360. The first-order chi connectivity index (χ1) is 6.83. The van der Waals surface area contributed by atoms with Crippen molar-refractivity contribution < 1.29 is 5.10 Å².